The summed E-state index contributed by atoms with van der Waals surface area (Å²) in [7, 11) is 1.78. The van der Waals surface area contributed by atoms with E-state index in [1.807, 2.05) is 0 Å². The van der Waals surface area contributed by atoms with Crippen LogP contribution in [0.2, 0.25) is 0 Å². The van der Waals surface area contributed by atoms with E-state index in [9.17, 15) is 0 Å². The van der Waals surface area contributed by atoms with Gasteiger partial charge in [-0.3, -0.25) is 0 Å². The topological polar surface area (TPSA) is 21.3 Å². The Morgan fingerprint density at radius 1 is 1.18 bits per heavy atom. The Labute approximate surface area is 108 Å². The zero-order valence-corrected chi connectivity index (χ0v) is 12.4. The van der Waals surface area contributed by atoms with E-state index in [-0.39, 0.29) is 0 Å². The van der Waals surface area contributed by atoms with Gasteiger partial charge in [-0.05, 0) is 42.9 Å². The van der Waals surface area contributed by atoms with Gasteiger partial charge in [0.25, 0.3) is 0 Å². The van der Waals surface area contributed by atoms with Crippen molar-refractivity contribution < 1.29 is 4.74 Å². The lowest BCUT2D eigenvalue weighted by atomic mass is 9.71. The quantitative estimate of drug-likeness (QED) is 0.796. The van der Waals surface area contributed by atoms with Crippen LogP contribution in [0.4, 0.5) is 0 Å². The molecule has 102 valence electrons. The highest BCUT2D eigenvalue weighted by Crippen LogP contribution is 2.37. The summed E-state index contributed by atoms with van der Waals surface area (Å²) in [5.74, 6) is 1.54. The molecule has 1 atom stereocenters. The van der Waals surface area contributed by atoms with Crippen molar-refractivity contribution in [3.05, 3.63) is 0 Å². The minimum absolute atomic E-state index is 0.494. The third-order valence-electron chi connectivity index (χ3n) is 4.16. The molecule has 1 N–H and O–H groups in total. The molecule has 0 spiro atoms. The summed E-state index contributed by atoms with van der Waals surface area (Å²) in [5, 5.41) is 3.70. The number of ether oxygens (including phenoxy) is 1. The average Bonchev–Trinajstić information content (AvgIpc) is 2.26. The van der Waals surface area contributed by atoms with Crippen molar-refractivity contribution in [2.24, 2.45) is 17.3 Å². The van der Waals surface area contributed by atoms with Gasteiger partial charge >= 0.3 is 0 Å². The highest BCUT2D eigenvalue weighted by atomic mass is 16.5. The fourth-order valence-corrected chi connectivity index (χ4v) is 2.87. The Kier molecular flexibility index (Phi) is 5.94. The fraction of sp³-hybridized carbons (Fsp3) is 1.00. The lowest BCUT2D eigenvalue weighted by molar-refractivity contribution is 0.142. The summed E-state index contributed by atoms with van der Waals surface area (Å²) in [4.78, 5) is 0. The molecular formula is C15H31NO. The molecule has 0 aliphatic heterocycles. The van der Waals surface area contributed by atoms with Crippen molar-refractivity contribution in [1.29, 1.82) is 0 Å². The van der Waals surface area contributed by atoms with Crippen LogP contribution in [0.5, 0.6) is 0 Å². The van der Waals surface area contributed by atoms with Crippen molar-refractivity contribution in [3.8, 4) is 0 Å². The Hall–Kier alpha value is -0.0800. The predicted molar refractivity (Wildman–Crippen MR) is 74.2 cm³/mol. The number of hydrogen-bond donors (Lipinski definition) is 1. The third-order valence-corrected chi connectivity index (χ3v) is 4.16. The van der Waals surface area contributed by atoms with E-state index in [4.69, 9.17) is 4.74 Å². The molecule has 1 rings (SSSR count). The van der Waals surface area contributed by atoms with Crippen LogP contribution in [0.3, 0.4) is 0 Å². The molecule has 0 amide bonds. The molecule has 0 heterocycles. The first-order valence-corrected chi connectivity index (χ1v) is 7.15. The van der Waals surface area contributed by atoms with Gasteiger partial charge in [-0.2, -0.15) is 0 Å². The van der Waals surface area contributed by atoms with Crippen molar-refractivity contribution in [1.82, 2.24) is 5.32 Å². The van der Waals surface area contributed by atoms with Crippen LogP contribution < -0.4 is 5.32 Å². The maximum Gasteiger partial charge on any atom is 0.0499 e. The van der Waals surface area contributed by atoms with Crippen LogP contribution in [0.1, 0.15) is 53.4 Å². The third kappa shape index (κ3) is 5.39. The van der Waals surface area contributed by atoms with Crippen LogP contribution >= 0.6 is 0 Å². The minimum atomic E-state index is 0.494. The molecule has 1 fully saturated rings. The van der Waals surface area contributed by atoms with Crippen LogP contribution in [-0.2, 0) is 4.74 Å². The summed E-state index contributed by atoms with van der Waals surface area (Å²) in [5.41, 5.74) is 0.494. The predicted octanol–water partition coefficient (Wildman–Crippen LogP) is 3.46. The lowest BCUT2D eigenvalue weighted by Gasteiger charge is -2.37. The van der Waals surface area contributed by atoms with Gasteiger partial charge in [-0.15, -0.1) is 0 Å². The molecular weight excluding hydrogens is 210 g/mol. The highest BCUT2D eigenvalue weighted by molar-refractivity contribution is 4.83. The van der Waals surface area contributed by atoms with Gasteiger partial charge in [0.05, 0.1) is 0 Å². The van der Waals surface area contributed by atoms with Crippen molar-refractivity contribution in [3.63, 3.8) is 0 Å². The zero-order valence-electron chi connectivity index (χ0n) is 12.4. The van der Waals surface area contributed by atoms with Gasteiger partial charge in [0.2, 0.25) is 0 Å². The van der Waals surface area contributed by atoms with Crippen molar-refractivity contribution in [2.45, 2.75) is 59.4 Å². The molecule has 0 aromatic rings. The second-order valence-electron chi connectivity index (χ2n) is 6.88. The second kappa shape index (κ2) is 6.75. The molecule has 0 bridgehead atoms. The number of methoxy groups -OCH3 is 1. The molecule has 1 unspecified atom stereocenters. The molecule has 0 radical (unpaired) electrons. The Balaban J connectivity index is 2.19. The Bertz CT molecular complexity index is 201. The number of nitrogens with one attached hydrogen (secondary N) is 1. The first-order chi connectivity index (χ1) is 7.93. The number of hydrogen-bond acceptors (Lipinski definition) is 2. The van der Waals surface area contributed by atoms with Gasteiger partial charge in [0, 0.05) is 26.3 Å². The van der Waals surface area contributed by atoms with Gasteiger partial charge < -0.3 is 10.1 Å². The van der Waals surface area contributed by atoms with Gasteiger partial charge in [-0.25, -0.2) is 0 Å². The van der Waals surface area contributed by atoms with E-state index >= 15 is 0 Å². The van der Waals surface area contributed by atoms with Crippen LogP contribution in [-0.4, -0.2) is 26.3 Å². The van der Waals surface area contributed by atoms with E-state index in [0.717, 1.165) is 25.1 Å². The average molecular weight is 241 g/mol. The van der Waals surface area contributed by atoms with Crippen LogP contribution in [0.25, 0.3) is 0 Å². The van der Waals surface area contributed by atoms with E-state index in [1.165, 1.54) is 25.7 Å². The molecule has 17 heavy (non-hydrogen) atoms. The summed E-state index contributed by atoms with van der Waals surface area (Å²) >= 11 is 0. The smallest absolute Gasteiger partial charge is 0.0499 e. The summed E-state index contributed by atoms with van der Waals surface area (Å²) < 4.78 is 5.17. The molecule has 0 aromatic heterocycles. The standard InChI is InChI=1S/C15H31NO/c1-12(11-17-5)10-16-14-8-6-13(7-9-14)15(2,3)4/h12-14,16H,6-11H2,1-5H3. The van der Waals surface area contributed by atoms with Crippen LogP contribution in [0.15, 0.2) is 0 Å². The maximum atomic E-state index is 5.17. The van der Waals surface area contributed by atoms with Crippen molar-refractivity contribution >= 4 is 0 Å². The molecule has 0 aromatic carbocycles. The minimum Gasteiger partial charge on any atom is -0.384 e. The Morgan fingerprint density at radius 2 is 1.76 bits per heavy atom. The fourth-order valence-electron chi connectivity index (χ4n) is 2.87. The normalized spacial score (nSPS) is 28.1. The van der Waals surface area contributed by atoms with Crippen LogP contribution in [0, 0.1) is 17.3 Å². The summed E-state index contributed by atoms with van der Waals surface area (Å²) in [6.07, 6.45) is 5.48. The number of rotatable bonds is 5. The molecule has 0 saturated heterocycles. The molecule has 1 aliphatic carbocycles. The molecule has 1 saturated carbocycles. The maximum absolute atomic E-state index is 5.17. The summed E-state index contributed by atoms with van der Waals surface area (Å²) in [6.45, 7) is 11.4. The first kappa shape index (κ1) is 15.0. The SMILES string of the molecule is COCC(C)CNC1CCC(C(C)(C)C)CC1. The van der Waals surface area contributed by atoms with E-state index in [2.05, 4.69) is 33.0 Å². The van der Waals surface area contributed by atoms with Gasteiger partial charge in [0.1, 0.15) is 0 Å². The first-order valence-electron chi connectivity index (χ1n) is 7.15. The monoisotopic (exact) mass is 241 g/mol. The summed E-state index contributed by atoms with van der Waals surface area (Å²) in [6, 6.07) is 0.743. The van der Waals surface area contributed by atoms with Crippen molar-refractivity contribution in [2.75, 3.05) is 20.3 Å². The zero-order chi connectivity index (χ0) is 12.9. The Morgan fingerprint density at radius 3 is 2.24 bits per heavy atom. The highest BCUT2D eigenvalue weighted by Gasteiger charge is 2.29. The van der Waals surface area contributed by atoms with Gasteiger partial charge in [-0.1, -0.05) is 27.7 Å². The van der Waals surface area contributed by atoms with E-state index < -0.39 is 0 Å². The van der Waals surface area contributed by atoms with E-state index in [1.54, 1.807) is 7.11 Å². The second-order valence-corrected chi connectivity index (χ2v) is 6.88. The van der Waals surface area contributed by atoms with E-state index in [0.29, 0.717) is 11.3 Å². The van der Waals surface area contributed by atoms with Gasteiger partial charge in [0.15, 0.2) is 0 Å². The molecule has 2 heteroatoms. The lowest BCUT2D eigenvalue weighted by Crippen LogP contribution is -2.38. The molecule has 1 aliphatic rings. The largest absolute Gasteiger partial charge is 0.384 e. The molecule has 2 nitrogen and oxygen atoms in total.